The summed E-state index contributed by atoms with van der Waals surface area (Å²) in [6, 6.07) is 0. The van der Waals surface area contributed by atoms with E-state index in [2.05, 4.69) is 81.9 Å². The van der Waals surface area contributed by atoms with Crippen molar-refractivity contribution in [2.45, 2.75) is 81.1 Å². The third-order valence-electron chi connectivity index (χ3n) is 5.03. The molecule has 198 valence electrons. The van der Waals surface area contributed by atoms with E-state index in [1.807, 2.05) is 25.9 Å². The fraction of sp³-hybridized carbons (Fsp3) is 0.607. The zero-order valence-electron chi connectivity index (χ0n) is 23.7. The Balaban J connectivity index is 0. The van der Waals surface area contributed by atoms with Crippen LogP contribution in [0.1, 0.15) is 79.7 Å². The molecule has 0 unspecified atom stereocenters. The number of aliphatic hydroxyl groups is 1. The smallest absolute Gasteiger partial charge is 0.229 e. The van der Waals surface area contributed by atoms with Gasteiger partial charge < -0.3 is 15.3 Å². The number of rotatable bonds is 13. The summed E-state index contributed by atoms with van der Waals surface area (Å²) >= 11 is 0. The normalized spacial score (nSPS) is 11.3. The van der Waals surface area contributed by atoms with Gasteiger partial charge in [-0.05, 0) is 59.0 Å². The number of terminal acetylenes is 1. The minimum Gasteiger partial charge on any atom is -0.396 e. The van der Waals surface area contributed by atoms with Crippen molar-refractivity contribution in [3.05, 3.63) is 28.9 Å². The quantitative estimate of drug-likeness (QED) is 0.149. The number of hydrogen-bond donors (Lipinski definition) is 2. The van der Waals surface area contributed by atoms with E-state index in [0.717, 1.165) is 68.5 Å². The molecule has 0 aromatic carbocycles. The average Bonchev–Trinajstić information content (AvgIpc) is 2.88. The van der Waals surface area contributed by atoms with Crippen LogP contribution < -0.4 is 15.2 Å². The van der Waals surface area contributed by atoms with Crippen molar-refractivity contribution in [3.63, 3.8) is 0 Å². The Morgan fingerprint density at radius 2 is 1.63 bits per heavy atom. The molecule has 0 saturated carbocycles. The highest BCUT2D eigenvalue weighted by molar-refractivity contribution is 5.64. The lowest BCUT2D eigenvalue weighted by Gasteiger charge is -2.25. The molecule has 0 atom stereocenters. The molecule has 7 nitrogen and oxygen atoms in total. The molecule has 1 heterocycles. The van der Waals surface area contributed by atoms with Crippen molar-refractivity contribution in [1.82, 2.24) is 9.97 Å². The van der Waals surface area contributed by atoms with Crippen molar-refractivity contribution in [1.29, 1.82) is 0 Å². The number of hydrogen-bond acceptors (Lipinski definition) is 7. The number of aliphatic hydroxyl groups excluding tert-OH is 1. The van der Waals surface area contributed by atoms with Gasteiger partial charge >= 0.3 is 0 Å². The maximum atomic E-state index is 7.88. The predicted octanol–water partition coefficient (Wildman–Crippen LogP) is 6.21. The second kappa shape index (κ2) is 21.7. The van der Waals surface area contributed by atoms with E-state index in [1.165, 1.54) is 11.1 Å². The number of hydrazone groups is 1. The van der Waals surface area contributed by atoms with Crippen LogP contribution in [0, 0.1) is 19.8 Å². The van der Waals surface area contributed by atoms with E-state index in [0.29, 0.717) is 6.61 Å². The second-order valence-corrected chi connectivity index (χ2v) is 7.89. The molecule has 0 amide bonds. The van der Waals surface area contributed by atoms with Gasteiger partial charge in [-0.3, -0.25) is 5.01 Å². The summed E-state index contributed by atoms with van der Waals surface area (Å²) in [5.74, 6) is 2.46. The van der Waals surface area contributed by atoms with Crippen LogP contribution in [0.3, 0.4) is 0 Å². The van der Waals surface area contributed by atoms with Gasteiger partial charge in [-0.1, -0.05) is 45.4 Å². The Kier molecular flexibility index (Phi) is 21.2. The van der Waals surface area contributed by atoms with Crippen LogP contribution in [0.25, 0.3) is 0 Å². The SMILES string of the molecule is C#C.C/C=N\N(C)c1nc(N(CCC)CCC)nc(NCC(=C/CC)/C(C)=C\C)c1C.CCCO. The van der Waals surface area contributed by atoms with Gasteiger partial charge in [-0.15, -0.1) is 12.8 Å². The Morgan fingerprint density at radius 3 is 2.06 bits per heavy atom. The highest BCUT2D eigenvalue weighted by Crippen LogP contribution is 2.27. The maximum Gasteiger partial charge on any atom is 0.229 e. The Bertz CT molecular complexity index is 790. The van der Waals surface area contributed by atoms with Gasteiger partial charge in [0.25, 0.3) is 0 Å². The lowest BCUT2D eigenvalue weighted by Crippen LogP contribution is -2.28. The van der Waals surface area contributed by atoms with Crippen molar-refractivity contribution in [3.8, 4) is 12.8 Å². The molecule has 0 aliphatic heterocycles. The van der Waals surface area contributed by atoms with Crippen molar-refractivity contribution >= 4 is 23.8 Å². The van der Waals surface area contributed by atoms with Gasteiger partial charge in [0.2, 0.25) is 5.95 Å². The Hall–Kier alpha value is -2.85. The number of aromatic nitrogens is 2. The molecule has 0 radical (unpaired) electrons. The molecule has 7 heteroatoms. The molecule has 35 heavy (non-hydrogen) atoms. The average molecular weight is 487 g/mol. The predicted molar refractivity (Wildman–Crippen MR) is 156 cm³/mol. The highest BCUT2D eigenvalue weighted by Gasteiger charge is 2.17. The van der Waals surface area contributed by atoms with E-state index >= 15 is 0 Å². The molecular weight excluding hydrogens is 436 g/mol. The zero-order valence-corrected chi connectivity index (χ0v) is 23.7. The zero-order chi connectivity index (χ0) is 27.2. The molecule has 0 aliphatic rings. The minimum absolute atomic E-state index is 0.319. The minimum atomic E-state index is 0.319. The molecule has 0 aliphatic carbocycles. The molecule has 0 bridgehead atoms. The van der Waals surface area contributed by atoms with Crippen LogP contribution in [0.5, 0.6) is 0 Å². The van der Waals surface area contributed by atoms with Crippen molar-refractivity contribution in [2.75, 3.05) is 48.5 Å². The van der Waals surface area contributed by atoms with Gasteiger partial charge in [0.15, 0.2) is 5.82 Å². The molecule has 2 N–H and O–H groups in total. The van der Waals surface area contributed by atoms with Crippen LogP contribution in [0.2, 0.25) is 0 Å². The first-order chi connectivity index (χ1) is 16.8. The van der Waals surface area contributed by atoms with Crippen LogP contribution in [0.15, 0.2) is 28.4 Å². The number of allylic oxidation sites excluding steroid dienone is 2. The van der Waals surface area contributed by atoms with E-state index in [9.17, 15) is 0 Å². The molecule has 0 fully saturated rings. The first kappa shape index (κ1) is 34.3. The second-order valence-electron chi connectivity index (χ2n) is 7.89. The summed E-state index contributed by atoms with van der Waals surface area (Å²) < 4.78 is 0. The summed E-state index contributed by atoms with van der Waals surface area (Å²) in [6.07, 6.45) is 18.2. The standard InChI is InChI=1S/C23H40N6.C3H8O.C2H2/c1-9-14-20(18(6)12-4)17-24-21-19(7)22(28(8)25-13-5)27-23(26-21)29(15-10-2)16-11-3;1-2-3-4;1-2/h12-14H,9-11,15-17H2,1-8H3,(H,24,26,27);4H,2-3H2,1H3;1-2H/b18-12-,20-14-,25-13-;;. The summed E-state index contributed by atoms with van der Waals surface area (Å²) in [4.78, 5) is 12.0. The largest absolute Gasteiger partial charge is 0.396 e. The van der Waals surface area contributed by atoms with Crippen LogP contribution in [-0.2, 0) is 0 Å². The van der Waals surface area contributed by atoms with E-state index in [1.54, 1.807) is 6.21 Å². The molecule has 0 saturated heterocycles. The monoisotopic (exact) mass is 486 g/mol. The molecular formula is C28H50N6O. The molecule has 1 aromatic rings. The third kappa shape index (κ3) is 13.0. The lowest BCUT2D eigenvalue weighted by molar-refractivity contribution is 0.295. The van der Waals surface area contributed by atoms with Gasteiger partial charge in [0.05, 0.1) is 0 Å². The Labute approximate surface area is 215 Å². The van der Waals surface area contributed by atoms with Gasteiger partial charge in [-0.2, -0.15) is 15.1 Å². The van der Waals surface area contributed by atoms with Gasteiger partial charge in [-0.25, -0.2) is 0 Å². The van der Waals surface area contributed by atoms with Crippen LogP contribution in [0.4, 0.5) is 17.6 Å². The molecule has 1 aromatic heterocycles. The topological polar surface area (TPSA) is 76.9 Å². The number of nitrogens with zero attached hydrogens (tertiary/aromatic N) is 5. The van der Waals surface area contributed by atoms with E-state index in [4.69, 9.17) is 15.1 Å². The van der Waals surface area contributed by atoms with Crippen LogP contribution in [-0.4, -0.2) is 54.6 Å². The van der Waals surface area contributed by atoms with Gasteiger partial charge in [0.1, 0.15) is 5.82 Å². The maximum absolute atomic E-state index is 7.88. The summed E-state index contributed by atoms with van der Waals surface area (Å²) in [5, 5.41) is 17.7. The first-order valence-electron chi connectivity index (χ1n) is 12.7. The van der Waals surface area contributed by atoms with Crippen molar-refractivity contribution < 1.29 is 5.11 Å². The summed E-state index contributed by atoms with van der Waals surface area (Å²) in [6.45, 7) is 19.6. The van der Waals surface area contributed by atoms with Crippen LogP contribution >= 0.6 is 0 Å². The first-order valence-corrected chi connectivity index (χ1v) is 12.7. The Morgan fingerprint density at radius 1 is 1.06 bits per heavy atom. The highest BCUT2D eigenvalue weighted by atomic mass is 16.2. The van der Waals surface area contributed by atoms with E-state index < -0.39 is 0 Å². The lowest BCUT2D eigenvalue weighted by atomic mass is 10.1. The molecule has 0 spiro atoms. The molecule has 1 rings (SSSR count). The summed E-state index contributed by atoms with van der Waals surface area (Å²) in [7, 11) is 1.93. The summed E-state index contributed by atoms with van der Waals surface area (Å²) in [5.41, 5.74) is 3.59. The third-order valence-corrected chi connectivity index (χ3v) is 5.03. The fourth-order valence-corrected chi connectivity index (χ4v) is 3.18. The fourth-order valence-electron chi connectivity index (χ4n) is 3.18. The van der Waals surface area contributed by atoms with E-state index in [-0.39, 0.29) is 0 Å². The number of nitrogens with one attached hydrogen (secondary N) is 1. The number of anilines is 3. The van der Waals surface area contributed by atoms with Gasteiger partial charge in [0, 0.05) is 45.1 Å². The van der Waals surface area contributed by atoms with Crippen molar-refractivity contribution in [2.24, 2.45) is 5.10 Å².